The van der Waals surface area contributed by atoms with Crippen LogP contribution in [-0.4, -0.2) is 29.2 Å². The summed E-state index contributed by atoms with van der Waals surface area (Å²) in [4.78, 5) is 2.50. The number of nitrogens with zero attached hydrogens (tertiary/aromatic N) is 1. The van der Waals surface area contributed by atoms with Crippen LogP contribution in [0.3, 0.4) is 0 Å². The first-order chi connectivity index (χ1) is 6.44. The van der Waals surface area contributed by atoms with E-state index in [2.05, 4.69) is 25.7 Å². The average Bonchev–Trinajstić information content (AvgIpc) is 2.56. The molecule has 0 amide bonds. The van der Waals surface area contributed by atoms with Crippen molar-refractivity contribution in [3.63, 3.8) is 0 Å². The SMILES string of the molecule is CC(C)(C)C12CC(F)CN1[C@H]1C[C@H]1C2. The van der Waals surface area contributed by atoms with Crippen molar-refractivity contribution in [3.05, 3.63) is 0 Å². The molecule has 1 aliphatic carbocycles. The monoisotopic (exact) mass is 197 g/mol. The van der Waals surface area contributed by atoms with Crippen molar-refractivity contribution < 1.29 is 4.39 Å². The maximum Gasteiger partial charge on any atom is 0.115 e. The first-order valence-electron chi connectivity index (χ1n) is 5.85. The Hall–Kier alpha value is -0.110. The van der Waals surface area contributed by atoms with E-state index in [-0.39, 0.29) is 11.0 Å². The lowest BCUT2D eigenvalue weighted by molar-refractivity contribution is 0.0421. The van der Waals surface area contributed by atoms with E-state index in [4.69, 9.17) is 0 Å². The number of rotatable bonds is 0. The van der Waals surface area contributed by atoms with Crippen LogP contribution in [0.4, 0.5) is 4.39 Å². The third-order valence-corrected chi connectivity index (χ3v) is 4.79. The Morgan fingerprint density at radius 2 is 2.00 bits per heavy atom. The minimum absolute atomic E-state index is 0.194. The molecule has 1 saturated carbocycles. The van der Waals surface area contributed by atoms with Crippen molar-refractivity contribution in [1.29, 1.82) is 0 Å². The zero-order chi connectivity index (χ0) is 10.1. The summed E-state index contributed by atoms with van der Waals surface area (Å²) in [6, 6.07) is 0.745. The van der Waals surface area contributed by atoms with Gasteiger partial charge in [0.15, 0.2) is 0 Å². The van der Waals surface area contributed by atoms with E-state index in [0.29, 0.717) is 6.54 Å². The Morgan fingerprint density at radius 3 is 2.57 bits per heavy atom. The molecule has 0 spiro atoms. The maximum atomic E-state index is 13.6. The predicted molar refractivity (Wildman–Crippen MR) is 54.9 cm³/mol. The summed E-state index contributed by atoms with van der Waals surface area (Å²) < 4.78 is 13.6. The molecule has 3 fully saturated rings. The third-order valence-electron chi connectivity index (χ3n) is 4.79. The standard InChI is InChI=1S/C12H20FN/c1-11(2,3)12-5-8-4-10(8)14(12)7-9(13)6-12/h8-10H,4-7H2,1-3H3/t8-,9?,10-,12?/m0/s1. The number of alkyl halides is 1. The molecule has 0 bridgehead atoms. The number of hydrogen-bond acceptors (Lipinski definition) is 1. The lowest BCUT2D eigenvalue weighted by Crippen LogP contribution is -2.51. The van der Waals surface area contributed by atoms with E-state index in [0.717, 1.165) is 18.4 Å². The van der Waals surface area contributed by atoms with Gasteiger partial charge in [0.1, 0.15) is 6.17 Å². The van der Waals surface area contributed by atoms with E-state index in [1.807, 2.05) is 0 Å². The molecule has 4 atom stereocenters. The van der Waals surface area contributed by atoms with Crippen molar-refractivity contribution in [2.45, 2.75) is 57.8 Å². The Bertz CT molecular complexity index is 266. The molecule has 0 aromatic carbocycles. The number of hydrogen-bond donors (Lipinski definition) is 0. The van der Waals surface area contributed by atoms with Crippen molar-refractivity contribution in [1.82, 2.24) is 4.90 Å². The summed E-state index contributed by atoms with van der Waals surface area (Å²) in [5.74, 6) is 0.904. The van der Waals surface area contributed by atoms with Crippen LogP contribution in [0, 0.1) is 11.3 Å². The topological polar surface area (TPSA) is 3.24 Å². The van der Waals surface area contributed by atoms with Gasteiger partial charge < -0.3 is 0 Å². The number of piperidine rings is 1. The van der Waals surface area contributed by atoms with Crippen LogP contribution < -0.4 is 0 Å². The third kappa shape index (κ3) is 0.932. The largest absolute Gasteiger partial charge is 0.291 e. The molecule has 3 aliphatic rings. The van der Waals surface area contributed by atoms with Crippen LogP contribution in [0.25, 0.3) is 0 Å². The molecule has 80 valence electrons. The van der Waals surface area contributed by atoms with Crippen molar-refractivity contribution in [3.8, 4) is 0 Å². The first kappa shape index (κ1) is 9.14. The Balaban J connectivity index is 1.97. The summed E-state index contributed by atoms with van der Waals surface area (Å²) >= 11 is 0. The van der Waals surface area contributed by atoms with E-state index in [1.54, 1.807) is 0 Å². The molecule has 2 heterocycles. The van der Waals surface area contributed by atoms with Crippen LogP contribution >= 0.6 is 0 Å². The van der Waals surface area contributed by atoms with Gasteiger partial charge in [-0.25, -0.2) is 4.39 Å². The van der Waals surface area contributed by atoms with Crippen LogP contribution in [0.2, 0.25) is 0 Å². The normalized spacial score (nSPS) is 51.9. The first-order valence-corrected chi connectivity index (χ1v) is 5.85. The second kappa shape index (κ2) is 2.34. The summed E-state index contributed by atoms with van der Waals surface area (Å²) in [5.41, 5.74) is 0.432. The molecule has 2 heteroatoms. The second-order valence-corrected chi connectivity index (χ2v) is 6.50. The fourth-order valence-corrected chi connectivity index (χ4v) is 3.90. The van der Waals surface area contributed by atoms with Gasteiger partial charge in [-0.2, -0.15) is 0 Å². The summed E-state index contributed by atoms with van der Waals surface area (Å²) in [6.07, 6.45) is 2.80. The molecule has 0 aromatic rings. The van der Waals surface area contributed by atoms with Crippen molar-refractivity contribution in [2.24, 2.45) is 11.3 Å². The van der Waals surface area contributed by atoms with Crippen molar-refractivity contribution in [2.75, 3.05) is 6.54 Å². The zero-order valence-corrected chi connectivity index (χ0v) is 9.39. The van der Waals surface area contributed by atoms with Gasteiger partial charge in [-0.1, -0.05) is 20.8 Å². The van der Waals surface area contributed by atoms with Crippen LogP contribution in [0.5, 0.6) is 0 Å². The van der Waals surface area contributed by atoms with E-state index in [1.165, 1.54) is 12.8 Å². The van der Waals surface area contributed by atoms with Gasteiger partial charge >= 0.3 is 0 Å². The van der Waals surface area contributed by atoms with Crippen LogP contribution in [0.15, 0.2) is 0 Å². The highest BCUT2D eigenvalue weighted by Crippen LogP contribution is 2.62. The van der Waals surface area contributed by atoms with Crippen molar-refractivity contribution >= 4 is 0 Å². The van der Waals surface area contributed by atoms with Gasteiger partial charge in [-0.15, -0.1) is 0 Å². The fourth-order valence-electron chi connectivity index (χ4n) is 3.90. The minimum Gasteiger partial charge on any atom is -0.291 e. The molecule has 1 nitrogen and oxygen atoms in total. The zero-order valence-electron chi connectivity index (χ0n) is 9.39. The van der Waals surface area contributed by atoms with Gasteiger partial charge in [-0.3, -0.25) is 4.90 Å². The van der Waals surface area contributed by atoms with Crippen LogP contribution in [0.1, 0.15) is 40.0 Å². The molecule has 0 aromatic heterocycles. The number of halogens is 1. The summed E-state index contributed by atoms with van der Waals surface area (Å²) in [7, 11) is 0. The number of fused-ring (bicyclic) bond motifs is 3. The lowest BCUT2D eigenvalue weighted by atomic mass is 9.70. The lowest BCUT2D eigenvalue weighted by Gasteiger charge is -2.45. The van der Waals surface area contributed by atoms with Gasteiger partial charge in [0.25, 0.3) is 0 Å². The smallest absolute Gasteiger partial charge is 0.115 e. The Kier molecular flexibility index (Phi) is 1.53. The molecular formula is C12H20FN. The van der Waals surface area contributed by atoms with Gasteiger partial charge in [-0.05, 0) is 30.6 Å². The molecule has 3 rings (SSSR count). The summed E-state index contributed by atoms with van der Waals surface area (Å²) in [6.45, 7) is 7.55. The highest BCUT2D eigenvalue weighted by atomic mass is 19.1. The van der Waals surface area contributed by atoms with Gasteiger partial charge in [0.05, 0.1) is 0 Å². The minimum atomic E-state index is -0.573. The Morgan fingerprint density at radius 1 is 1.29 bits per heavy atom. The molecule has 2 unspecified atom stereocenters. The molecular weight excluding hydrogens is 177 g/mol. The average molecular weight is 197 g/mol. The van der Waals surface area contributed by atoms with E-state index < -0.39 is 6.17 Å². The van der Waals surface area contributed by atoms with Crippen LogP contribution in [-0.2, 0) is 0 Å². The molecule has 2 saturated heterocycles. The van der Waals surface area contributed by atoms with E-state index >= 15 is 0 Å². The van der Waals surface area contributed by atoms with E-state index in [9.17, 15) is 4.39 Å². The predicted octanol–water partition coefficient (Wildman–Crippen LogP) is 2.61. The second-order valence-electron chi connectivity index (χ2n) is 6.50. The highest BCUT2D eigenvalue weighted by Gasteiger charge is 2.66. The molecule has 2 aliphatic heterocycles. The molecule has 0 radical (unpaired) electrons. The summed E-state index contributed by atoms with van der Waals surface area (Å²) in [5, 5.41) is 0. The maximum absolute atomic E-state index is 13.6. The quantitative estimate of drug-likeness (QED) is 0.577. The van der Waals surface area contributed by atoms with Gasteiger partial charge in [0, 0.05) is 18.1 Å². The molecule has 14 heavy (non-hydrogen) atoms. The van der Waals surface area contributed by atoms with Gasteiger partial charge in [0.2, 0.25) is 0 Å². The highest BCUT2D eigenvalue weighted by molar-refractivity contribution is 5.20. The Labute approximate surface area is 85.7 Å². The molecule has 0 N–H and O–H groups in total. The fraction of sp³-hybridized carbons (Fsp3) is 1.00.